The van der Waals surface area contributed by atoms with Gasteiger partial charge >= 0.3 is 0 Å². The second-order valence-electron chi connectivity index (χ2n) is 2.92. The number of nitrogens with zero attached hydrogens (tertiary/aromatic N) is 5. The van der Waals surface area contributed by atoms with Crippen molar-refractivity contribution in [2.24, 2.45) is 0 Å². The fraction of sp³-hybridized carbons (Fsp3) is 0. The highest BCUT2D eigenvalue weighted by Gasteiger charge is 2.10. The molecule has 0 amide bonds. The summed E-state index contributed by atoms with van der Waals surface area (Å²) in [6.07, 6.45) is 5.03. The highest BCUT2D eigenvalue weighted by Crippen LogP contribution is 2.19. The summed E-state index contributed by atoms with van der Waals surface area (Å²) in [6.45, 7) is 0. The number of hydrogen-bond donors (Lipinski definition) is 1. The van der Waals surface area contributed by atoms with Crippen LogP contribution in [0, 0.1) is 0 Å². The van der Waals surface area contributed by atoms with Crippen LogP contribution in [0.15, 0.2) is 30.0 Å². The van der Waals surface area contributed by atoms with Crippen molar-refractivity contribution < 1.29 is 0 Å². The lowest BCUT2D eigenvalue weighted by Gasteiger charge is -1.89. The van der Waals surface area contributed by atoms with E-state index in [4.69, 9.17) is 0 Å². The van der Waals surface area contributed by atoms with E-state index in [0.717, 1.165) is 5.01 Å². The molecule has 0 aliphatic rings. The van der Waals surface area contributed by atoms with E-state index >= 15 is 0 Å². The van der Waals surface area contributed by atoms with Crippen molar-refractivity contribution >= 4 is 23.7 Å². The zero-order valence-corrected chi connectivity index (χ0v) is 10.1. The van der Waals surface area contributed by atoms with Crippen LogP contribution in [0.4, 0.5) is 0 Å². The first-order valence-corrected chi connectivity index (χ1v) is 5.41. The fourth-order valence-corrected chi connectivity index (χ4v) is 1.79. The van der Waals surface area contributed by atoms with E-state index in [2.05, 4.69) is 30.1 Å². The average molecular weight is 267 g/mol. The van der Waals surface area contributed by atoms with E-state index in [0.29, 0.717) is 17.5 Å². The largest absolute Gasteiger partial charge is 0.257 e. The van der Waals surface area contributed by atoms with Gasteiger partial charge < -0.3 is 0 Å². The smallest absolute Gasteiger partial charge is 0.219 e. The Morgan fingerprint density at radius 3 is 2.53 bits per heavy atom. The standard InChI is InChI=1S/C9H6N6S.ClH/c1-2-10-6(11-3-1)7-13-8(15-14-7)9-12-4-5-16-9;/h1-5H,(H,13,14,15);1H. The van der Waals surface area contributed by atoms with E-state index in [1.807, 2.05) is 5.38 Å². The maximum Gasteiger partial charge on any atom is 0.219 e. The maximum absolute atomic E-state index is 4.28. The van der Waals surface area contributed by atoms with Crippen molar-refractivity contribution in [3.05, 3.63) is 30.0 Å². The number of H-pyrrole nitrogens is 1. The van der Waals surface area contributed by atoms with Gasteiger partial charge in [-0.1, -0.05) is 0 Å². The SMILES string of the molecule is Cl.c1cnc(-c2n[nH]c(-c3nccs3)n2)nc1. The Bertz CT molecular complexity index is 579. The van der Waals surface area contributed by atoms with Crippen LogP contribution in [0.5, 0.6) is 0 Å². The van der Waals surface area contributed by atoms with Gasteiger partial charge in [0.25, 0.3) is 0 Å². The van der Waals surface area contributed by atoms with Crippen LogP contribution in [0.3, 0.4) is 0 Å². The molecule has 0 radical (unpaired) electrons. The van der Waals surface area contributed by atoms with Gasteiger partial charge in [0.05, 0.1) is 0 Å². The molecule has 6 nitrogen and oxygen atoms in total. The maximum atomic E-state index is 4.28. The van der Waals surface area contributed by atoms with Crippen molar-refractivity contribution in [1.82, 2.24) is 30.1 Å². The van der Waals surface area contributed by atoms with Crippen LogP contribution in [0.1, 0.15) is 0 Å². The Labute approximate surface area is 107 Å². The van der Waals surface area contributed by atoms with Crippen LogP contribution in [-0.2, 0) is 0 Å². The minimum Gasteiger partial charge on any atom is -0.257 e. The fourth-order valence-electron chi connectivity index (χ4n) is 1.21. The minimum absolute atomic E-state index is 0. The van der Waals surface area contributed by atoms with E-state index in [1.54, 1.807) is 24.7 Å². The van der Waals surface area contributed by atoms with Crippen LogP contribution < -0.4 is 0 Å². The zero-order valence-electron chi connectivity index (χ0n) is 8.44. The van der Waals surface area contributed by atoms with E-state index in [-0.39, 0.29) is 12.4 Å². The first-order valence-electron chi connectivity index (χ1n) is 4.53. The first kappa shape index (κ1) is 11.6. The third-order valence-corrected chi connectivity index (χ3v) is 2.67. The Kier molecular flexibility index (Phi) is 3.40. The van der Waals surface area contributed by atoms with Gasteiger partial charge in [-0.15, -0.1) is 28.8 Å². The van der Waals surface area contributed by atoms with E-state index < -0.39 is 0 Å². The van der Waals surface area contributed by atoms with Gasteiger partial charge in [-0.2, -0.15) is 0 Å². The lowest BCUT2D eigenvalue weighted by atomic mass is 10.5. The molecule has 0 aliphatic heterocycles. The number of nitrogens with one attached hydrogen (secondary N) is 1. The number of thiazole rings is 1. The van der Waals surface area contributed by atoms with Crippen molar-refractivity contribution in [3.8, 4) is 22.5 Å². The molecule has 0 aromatic carbocycles. The zero-order chi connectivity index (χ0) is 10.8. The van der Waals surface area contributed by atoms with Crippen molar-refractivity contribution in [1.29, 1.82) is 0 Å². The summed E-state index contributed by atoms with van der Waals surface area (Å²) in [5, 5.41) is 9.55. The minimum atomic E-state index is 0. The molecular formula is C9H7ClN6S. The number of aromatic nitrogens is 6. The molecule has 3 heterocycles. The Morgan fingerprint density at radius 2 is 1.82 bits per heavy atom. The summed E-state index contributed by atoms with van der Waals surface area (Å²) in [4.78, 5) is 16.6. The van der Waals surface area contributed by atoms with Gasteiger partial charge in [0.1, 0.15) is 0 Å². The van der Waals surface area contributed by atoms with Gasteiger partial charge in [0.15, 0.2) is 16.7 Å². The molecular weight excluding hydrogens is 260 g/mol. The van der Waals surface area contributed by atoms with Crippen molar-refractivity contribution in [2.75, 3.05) is 0 Å². The van der Waals surface area contributed by atoms with Crippen molar-refractivity contribution in [2.45, 2.75) is 0 Å². The molecule has 0 atom stereocenters. The summed E-state index contributed by atoms with van der Waals surface area (Å²) in [5.74, 6) is 1.62. The lowest BCUT2D eigenvalue weighted by molar-refractivity contribution is 1.06. The second-order valence-corrected chi connectivity index (χ2v) is 3.81. The molecule has 86 valence electrons. The molecule has 3 aromatic heterocycles. The second kappa shape index (κ2) is 4.98. The Hall–Kier alpha value is -1.86. The predicted molar refractivity (Wildman–Crippen MR) is 65.8 cm³/mol. The van der Waals surface area contributed by atoms with Crippen LogP contribution >= 0.6 is 23.7 Å². The van der Waals surface area contributed by atoms with Gasteiger partial charge in [-0.05, 0) is 6.07 Å². The third kappa shape index (κ3) is 2.29. The Balaban J connectivity index is 0.00000108. The normalized spacial score (nSPS) is 9.88. The molecule has 1 N–H and O–H groups in total. The lowest BCUT2D eigenvalue weighted by Crippen LogP contribution is -1.88. The van der Waals surface area contributed by atoms with E-state index in [1.165, 1.54) is 11.3 Å². The number of hydrogen-bond acceptors (Lipinski definition) is 6. The van der Waals surface area contributed by atoms with Crippen LogP contribution in [-0.4, -0.2) is 30.1 Å². The summed E-state index contributed by atoms with van der Waals surface area (Å²) in [7, 11) is 0. The molecule has 0 unspecified atom stereocenters. The van der Waals surface area contributed by atoms with Gasteiger partial charge in [-0.25, -0.2) is 19.9 Å². The summed E-state index contributed by atoms with van der Waals surface area (Å²) < 4.78 is 0. The number of rotatable bonds is 2. The first-order chi connectivity index (χ1) is 7.93. The summed E-state index contributed by atoms with van der Waals surface area (Å²) >= 11 is 1.50. The molecule has 0 bridgehead atoms. The van der Waals surface area contributed by atoms with E-state index in [9.17, 15) is 0 Å². The molecule has 0 spiro atoms. The average Bonchev–Trinajstić information content (AvgIpc) is 3.01. The highest BCUT2D eigenvalue weighted by molar-refractivity contribution is 7.12. The number of aromatic amines is 1. The topological polar surface area (TPSA) is 80.2 Å². The van der Waals surface area contributed by atoms with Crippen LogP contribution in [0.25, 0.3) is 22.5 Å². The van der Waals surface area contributed by atoms with Gasteiger partial charge in [-0.3, -0.25) is 5.10 Å². The molecule has 3 aromatic rings. The third-order valence-electron chi connectivity index (χ3n) is 1.89. The molecule has 8 heteroatoms. The van der Waals surface area contributed by atoms with Crippen LogP contribution in [0.2, 0.25) is 0 Å². The summed E-state index contributed by atoms with van der Waals surface area (Å²) in [6, 6.07) is 1.75. The quantitative estimate of drug-likeness (QED) is 0.765. The predicted octanol–water partition coefficient (Wildman–Crippen LogP) is 1.81. The molecule has 17 heavy (non-hydrogen) atoms. The van der Waals surface area contributed by atoms with Crippen molar-refractivity contribution in [3.63, 3.8) is 0 Å². The van der Waals surface area contributed by atoms with Gasteiger partial charge in [0.2, 0.25) is 5.82 Å². The number of halogens is 1. The Morgan fingerprint density at radius 1 is 1.00 bits per heavy atom. The molecule has 0 saturated heterocycles. The van der Waals surface area contributed by atoms with Gasteiger partial charge in [0, 0.05) is 24.0 Å². The monoisotopic (exact) mass is 266 g/mol. The molecule has 0 saturated carbocycles. The molecule has 0 aliphatic carbocycles. The molecule has 3 rings (SSSR count). The summed E-state index contributed by atoms with van der Waals surface area (Å²) in [5.41, 5.74) is 0. The highest BCUT2D eigenvalue weighted by atomic mass is 35.5. The molecule has 0 fully saturated rings.